The fraction of sp³-hybridized carbons (Fsp3) is 0.118. The third-order valence-electron chi connectivity index (χ3n) is 3.12. The number of carbonyl (C=O) groups is 2. The van der Waals surface area contributed by atoms with Gasteiger partial charge in [0.2, 0.25) is 0 Å². The Morgan fingerprint density at radius 2 is 1.92 bits per heavy atom. The van der Waals surface area contributed by atoms with Crippen LogP contribution in [0.25, 0.3) is 11.4 Å². The average Bonchev–Trinajstić information content (AvgIpc) is 3.11. The summed E-state index contributed by atoms with van der Waals surface area (Å²) in [5, 5.41) is 4.47. The molecule has 0 unspecified atom stereocenters. The smallest absolute Gasteiger partial charge is 0.357 e. The van der Waals surface area contributed by atoms with Gasteiger partial charge in [0.25, 0.3) is 5.91 Å². The summed E-state index contributed by atoms with van der Waals surface area (Å²) in [5.41, 5.74) is 1.67. The average molecular weight is 354 g/mol. The molecule has 126 valence electrons. The molecule has 3 rings (SSSR count). The van der Waals surface area contributed by atoms with Crippen molar-refractivity contribution in [3.05, 3.63) is 59.4 Å². The van der Waals surface area contributed by atoms with Gasteiger partial charge < -0.3 is 4.74 Å². The van der Waals surface area contributed by atoms with E-state index in [0.29, 0.717) is 16.5 Å². The topological polar surface area (TPSA) is 94.1 Å². The highest BCUT2D eigenvalue weighted by Gasteiger charge is 2.15. The molecule has 0 aliphatic carbocycles. The summed E-state index contributed by atoms with van der Waals surface area (Å²) < 4.78 is 4.87. The molecule has 8 heteroatoms. The molecule has 0 aliphatic heterocycles. The Morgan fingerprint density at radius 1 is 1.08 bits per heavy atom. The molecule has 0 saturated carbocycles. The Hall–Kier alpha value is -3.13. The molecule has 0 aliphatic rings. The lowest BCUT2D eigenvalue weighted by Gasteiger charge is -2.04. The van der Waals surface area contributed by atoms with Crippen LogP contribution in [0.5, 0.6) is 0 Å². The first kappa shape index (κ1) is 16.7. The Balaban J connectivity index is 1.75. The number of hydrogen-bond donors (Lipinski definition) is 1. The summed E-state index contributed by atoms with van der Waals surface area (Å²) in [5.74, 6) is -0.933. The highest BCUT2D eigenvalue weighted by molar-refractivity contribution is 7.14. The van der Waals surface area contributed by atoms with Crippen LogP contribution in [0.15, 0.2) is 48.0 Å². The molecule has 0 atom stereocenters. The first-order chi connectivity index (χ1) is 12.2. The maximum absolute atomic E-state index is 12.4. The van der Waals surface area contributed by atoms with Crippen LogP contribution in [0.4, 0.5) is 5.13 Å². The van der Waals surface area contributed by atoms with Crippen LogP contribution in [-0.4, -0.2) is 33.4 Å². The second-order valence-electron chi connectivity index (χ2n) is 4.84. The Morgan fingerprint density at radius 3 is 2.68 bits per heavy atom. The van der Waals surface area contributed by atoms with Gasteiger partial charge in [-0.25, -0.2) is 14.8 Å². The van der Waals surface area contributed by atoms with Crippen LogP contribution in [-0.2, 0) is 4.74 Å². The van der Waals surface area contributed by atoms with Crippen LogP contribution >= 0.6 is 11.3 Å². The van der Waals surface area contributed by atoms with Crippen LogP contribution in [0.1, 0.15) is 27.9 Å². The van der Waals surface area contributed by atoms with E-state index in [0.717, 1.165) is 11.3 Å². The van der Waals surface area contributed by atoms with Gasteiger partial charge in [0, 0.05) is 11.6 Å². The van der Waals surface area contributed by atoms with Crippen molar-refractivity contribution in [1.82, 2.24) is 15.0 Å². The van der Waals surface area contributed by atoms with E-state index < -0.39 is 11.9 Å². The molecule has 0 bridgehead atoms. The van der Waals surface area contributed by atoms with Gasteiger partial charge in [0.15, 0.2) is 10.8 Å². The van der Waals surface area contributed by atoms with Crippen LogP contribution in [0.3, 0.4) is 0 Å². The van der Waals surface area contributed by atoms with Gasteiger partial charge >= 0.3 is 5.97 Å². The van der Waals surface area contributed by atoms with Crippen molar-refractivity contribution in [3.63, 3.8) is 0 Å². The minimum Gasteiger partial charge on any atom is -0.461 e. The minimum atomic E-state index is -0.519. The molecule has 3 aromatic rings. The van der Waals surface area contributed by atoms with Crippen molar-refractivity contribution in [2.75, 3.05) is 11.9 Å². The third-order valence-corrected chi connectivity index (χ3v) is 3.88. The zero-order valence-corrected chi connectivity index (χ0v) is 14.1. The number of hydrogen-bond acceptors (Lipinski definition) is 7. The van der Waals surface area contributed by atoms with Crippen molar-refractivity contribution in [2.45, 2.75) is 6.92 Å². The van der Waals surface area contributed by atoms with Crippen molar-refractivity contribution < 1.29 is 14.3 Å². The number of carbonyl (C=O) groups excluding carboxylic acids is 2. The molecule has 0 aromatic carbocycles. The number of thiazole rings is 1. The molecule has 25 heavy (non-hydrogen) atoms. The van der Waals surface area contributed by atoms with Gasteiger partial charge in [-0.05, 0) is 31.2 Å². The lowest BCUT2D eigenvalue weighted by Crippen LogP contribution is -2.14. The van der Waals surface area contributed by atoms with E-state index in [1.54, 1.807) is 31.3 Å². The summed E-state index contributed by atoms with van der Waals surface area (Å²) in [6.45, 7) is 1.98. The van der Waals surface area contributed by atoms with E-state index in [1.807, 2.05) is 18.2 Å². The highest BCUT2D eigenvalue weighted by Crippen LogP contribution is 2.18. The second-order valence-corrected chi connectivity index (χ2v) is 5.69. The number of pyridine rings is 2. The number of esters is 1. The second kappa shape index (κ2) is 7.63. The number of nitrogens with one attached hydrogen (secondary N) is 1. The van der Waals surface area contributed by atoms with Gasteiger partial charge in [-0.3, -0.25) is 15.1 Å². The van der Waals surface area contributed by atoms with Crippen molar-refractivity contribution >= 4 is 28.3 Å². The van der Waals surface area contributed by atoms with Crippen molar-refractivity contribution in [3.8, 4) is 11.4 Å². The van der Waals surface area contributed by atoms with Crippen LogP contribution < -0.4 is 5.32 Å². The van der Waals surface area contributed by atoms with Crippen molar-refractivity contribution in [2.24, 2.45) is 0 Å². The number of nitrogens with zero attached hydrogens (tertiary/aromatic N) is 3. The molecule has 0 radical (unpaired) electrons. The molecule has 0 fully saturated rings. The van der Waals surface area contributed by atoms with E-state index in [-0.39, 0.29) is 18.0 Å². The predicted molar refractivity (Wildman–Crippen MR) is 93.5 cm³/mol. The Labute approximate surface area is 147 Å². The number of anilines is 1. The molecule has 1 amide bonds. The maximum Gasteiger partial charge on any atom is 0.357 e. The van der Waals surface area contributed by atoms with Crippen LogP contribution in [0.2, 0.25) is 0 Å². The van der Waals surface area contributed by atoms with Gasteiger partial charge in [0.1, 0.15) is 5.69 Å². The van der Waals surface area contributed by atoms with Gasteiger partial charge in [0.05, 0.1) is 18.0 Å². The van der Waals surface area contributed by atoms with Gasteiger partial charge in [-0.15, -0.1) is 11.3 Å². The predicted octanol–water partition coefficient (Wildman–Crippen LogP) is 3.03. The SMILES string of the molecule is CCOC(=O)c1csc(NC(=O)c2cccc(-c3ccccn3)n2)n1. The molecule has 3 aromatic heterocycles. The molecule has 1 N–H and O–H groups in total. The number of aromatic nitrogens is 3. The van der Waals surface area contributed by atoms with E-state index >= 15 is 0 Å². The van der Waals surface area contributed by atoms with Gasteiger partial charge in [-0.1, -0.05) is 12.1 Å². The quantitative estimate of drug-likeness (QED) is 0.708. The molecular formula is C17H14N4O3S. The zero-order valence-electron chi connectivity index (χ0n) is 13.3. The Kier molecular flexibility index (Phi) is 5.10. The highest BCUT2D eigenvalue weighted by atomic mass is 32.1. The van der Waals surface area contributed by atoms with Gasteiger partial charge in [-0.2, -0.15) is 0 Å². The van der Waals surface area contributed by atoms with E-state index in [9.17, 15) is 9.59 Å². The van der Waals surface area contributed by atoms with E-state index in [2.05, 4.69) is 20.3 Å². The Bertz CT molecular complexity index is 896. The molecule has 7 nitrogen and oxygen atoms in total. The summed E-state index contributed by atoms with van der Waals surface area (Å²) in [7, 11) is 0. The molecular weight excluding hydrogens is 340 g/mol. The normalized spacial score (nSPS) is 10.3. The van der Waals surface area contributed by atoms with Crippen LogP contribution in [0, 0.1) is 0 Å². The largest absolute Gasteiger partial charge is 0.461 e. The van der Waals surface area contributed by atoms with E-state index in [4.69, 9.17) is 4.74 Å². The lowest BCUT2D eigenvalue weighted by atomic mass is 10.2. The lowest BCUT2D eigenvalue weighted by molar-refractivity contribution is 0.0520. The molecule has 0 saturated heterocycles. The fourth-order valence-corrected chi connectivity index (χ4v) is 2.68. The minimum absolute atomic E-state index is 0.164. The maximum atomic E-state index is 12.4. The number of rotatable bonds is 5. The third kappa shape index (κ3) is 4.04. The summed E-state index contributed by atoms with van der Waals surface area (Å²) in [6.07, 6.45) is 1.66. The molecule has 0 spiro atoms. The monoisotopic (exact) mass is 354 g/mol. The summed E-state index contributed by atoms with van der Waals surface area (Å²) in [6, 6.07) is 10.6. The van der Waals surface area contributed by atoms with Crippen molar-refractivity contribution in [1.29, 1.82) is 0 Å². The summed E-state index contributed by atoms with van der Waals surface area (Å²) in [4.78, 5) is 36.5. The molecule has 3 heterocycles. The first-order valence-corrected chi connectivity index (χ1v) is 8.38. The number of amides is 1. The van der Waals surface area contributed by atoms with E-state index in [1.165, 1.54) is 5.38 Å². The first-order valence-electron chi connectivity index (χ1n) is 7.50. The zero-order chi connectivity index (χ0) is 17.6. The summed E-state index contributed by atoms with van der Waals surface area (Å²) >= 11 is 1.14. The fourth-order valence-electron chi connectivity index (χ4n) is 2.01. The standard InChI is InChI=1S/C17H14N4O3S/c1-2-24-16(23)14-10-25-17(20-14)21-15(22)13-8-5-7-12(19-13)11-6-3-4-9-18-11/h3-10H,2H2,1H3,(H,20,21,22). The number of ether oxygens (including phenoxy) is 1.